The standard InChI is InChI=1S/C19H21N3O2/c1-13-11-15-12-16(7-8-17(15)21-13)22-19(24)20-10-9-18(23)14-5-3-2-4-6-14/h2-8,11-12,18,21,23H,9-10H2,1H3,(H2,20,22,24). The summed E-state index contributed by atoms with van der Waals surface area (Å²) in [5.41, 5.74) is 3.72. The number of aryl methyl sites for hydroxylation is 1. The van der Waals surface area contributed by atoms with Gasteiger partial charge in [0, 0.05) is 28.8 Å². The van der Waals surface area contributed by atoms with E-state index in [1.807, 2.05) is 61.5 Å². The molecule has 1 atom stereocenters. The fourth-order valence-corrected chi connectivity index (χ4v) is 2.70. The van der Waals surface area contributed by atoms with Crippen LogP contribution in [0.3, 0.4) is 0 Å². The van der Waals surface area contributed by atoms with Crippen molar-refractivity contribution >= 4 is 22.6 Å². The predicted molar refractivity (Wildman–Crippen MR) is 96.1 cm³/mol. The first kappa shape index (κ1) is 16.1. The van der Waals surface area contributed by atoms with Crippen LogP contribution in [0.25, 0.3) is 10.9 Å². The number of H-pyrrole nitrogens is 1. The number of anilines is 1. The van der Waals surface area contributed by atoms with E-state index >= 15 is 0 Å². The average molecular weight is 323 g/mol. The number of benzene rings is 2. The Hall–Kier alpha value is -2.79. The first-order valence-electron chi connectivity index (χ1n) is 7.99. The molecule has 2 amide bonds. The van der Waals surface area contributed by atoms with Gasteiger partial charge in [-0.05, 0) is 43.2 Å². The average Bonchev–Trinajstić information content (AvgIpc) is 2.95. The van der Waals surface area contributed by atoms with Crippen LogP contribution in [0.2, 0.25) is 0 Å². The number of aliphatic hydroxyl groups is 1. The van der Waals surface area contributed by atoms with Crippen LogP contribution in [0.1, 0.15) is 23.8 Å². The zero-order chi connectivity index (χ0) is 16.9. The summed E-state index contributed by atoms with van der Waals surface area (Å²) in [7, 11) is 0. The summed E-state index contributed by atoms with van der Waals surface area (Å²) in [6.07, 6.45) is -0.112. The molecule has 5 heteroatoms. The summed E-state index contributed by atoms with van der Waals surface area (Å²) in [4.78, 5) is 15.2. The van der Waals surface area contributed by atoms with Crippen molar-refractivity contribution in [2.75, 3.05) is 11.9 Å². The highest BCUT2D eigenvalue weighted by molar-refractivity contribution is 5.92. The highest BCUT2D eigenvalue weighted by Crippen LogP contribution is 2.20. The molecular weight excluding hydrogens is 302 g/mol. The number of hydrogen-bond acceptors (Lipinski definition) is 2. The van der Waals surface area contributed by atoms with Crippen molar-refractivity contribution in [2.24, 2.45) is 0 Å². The number of amides is 2. The quantitative estimate of drug-likeness (QED) is 0.577. The van der Waals surface area contributed by atoms with Gasteiger partial charge in [-0.25, -0.2) is 4.79 Å². The molecule has 0 saturated heterocycles. The Balaban J connectivity index is 1.49. The zero-order valence-electron chi connectivity index (χ0n) is 13.5. The van der Waals surface area contributed by atoms with Crippen LogP contribution in [0.15, 0.2) is 54.6 Å². The second-order valence-corrected chi connectivity index (χ2v) is 5.85. The highest BCUT2D eigenvalue weighted by atomic mass is 16.3. The maximum absolute atomic E-state index is 12.0. The molecule has 4 N–H and O–H groups in total. The minimum Gasteiger partial charge on any atom is -0.388 e. The number of carbonyl (C=O) groups is 1. The molecule has 0 spiro atoms. The monoisotopic (exact) mass is 323 g/mol. The van der Waals surface area contributed by atoms with Gasteiger partial charge in [0.1, 0.15) is 0 Å². The van der Waals surface area contributed by atoms with Crippen LogP contribution in [0, 0.1) is 6.92 Å². The molecule has 5 nitrogen and oxygen atoms in total. The summed E-state index contributed by atoms with van der Waals surface area (Å²) < 4.78 is 0. The fraction of sp³-hybridized carbons (Fsp3) is 0.211. The van der Waals surface area contributed by atoms with Gasteiger partial charge in [-0.2, -0.15) is 0 Å². The lowest BCUT2D eigenvalue weighted by molar-refractivity contribution is 0.167. The second kappa shape index (κ2) is 7.19. The Bertz CT molecular complexity index is 827. The minimum atomic E-state index is -0.578. The van der Waals surface area contributed by atoms with Crippen molar-refractivity contribution in [3.8, 4) is 0 Å². The van der Waals surface area contributed by atoms with E-state index < -0.39 is 6.10 Å². The molecule has 0 saturated carbocycles. The first-order valence-corrected chi connectivity index (χ1v) is 7.99. The molecule has 1 aromatic heterocycles. The summed E-state index contributed by atoms with van der Waals surface area (Å²) in [5.74, 6) is 0. The number of rotatable bonds is 5. The van der Waals surface area contributed by atoms with Crippen LogP contribution in [-0.2, 0) is 0 Å². The predicted octanol–water partition coefficient (Wildman–Crippen LogP) is 3.72. The van der Waals surface area contributed by atoms with E-state index in [-0.39, 0.29) is 6.03 Å². The number of aromatic nitrogens is 1. The summed E-state index contributed by atoms with van der Waals surface area (Å²) >= 11 is 0. The molecule has 0 bridgehead atoms. The molecular formula is C19H21N3O2. The number of hydrogen-bond donors (Lipinski definition) is 4. The SMILES string of the molecule is Cc1cc2cc(NC(=O)NCCC(O)c3ccccc3)ccc2[nH]1. The summed E-state index contributed by atoms with van der Waals surface area (Å²) in [6.45, 7) is 2.39. The van der Waals surface area contributed by atoms with Gasteiger partial charge < -0.3 is 20.7 Å². The van der Waals surface area contributed by atoms with Crippen molar-refractivity contribution in [1.82, 2.24) is 10.3 Å². The van der Waals surface area contributed by atoms with Crippen LogP contribution in [0.5, 0.6) is 0 Å². The van der Waals surface area contributed by atoms with E-state index in [1.165, 1.54) is 0 Å². The van der Waals surface area contributed by atoms with E-state index in [2.05, 4.69) is 15.6 Å². The molecule has 0 aliphatic rings. The smallest absolute Gasteiger partial charge is 0.319 e. The van der Waals surface area contributed by atoms with Gasteiger partial charge in [-0.1, -0.05) is 30.3 Å². The first-order chi connectivity index (χ1) is 11.6. The van der Waals surface area contributed by atoms with E-state index in [4.69, 9.17) is 0 Å². The van der Waals surface area contributed by atoms with Crippen molar-refractivity contribution < 1.29 is 9.90 Å². The lowest BCUT2D eigenvalue weighted by Crippen LogP contribution is -2.30. The third kappa shape index (κ3) is 3.94. The molecule has 24 heavy (non-hydrogen) atoms. The normalized spacial score (nSPS) is 12.1. The van der Waals surface area contributed by atoms with Gasteiger partial charge in [0.2, 0.25) is 0 Å². The van der Waals surface area contributed by atoms with Crippen LogP contribution in [-0.4, -0.2) is 22.7 Å². The van der Waals surface area contributed by atoms with E-state index in [9.17, 15) is 9.90 Å². The Kier molecular flexibility index (Phi) is 4.82. The molecule has 2 aromatic carbocycles. The Morgan fingerprint density at radius 1 is 1.17 bits per heavy atom. The van der Waals surface area contributed by atoms with Gasteiger partial charge >= 0.3 is 6.03 Å². The molecule has 124 valence electrons. The van der Waals surface area contributed by atoms with Gasteiger partial charge in [0.25, 0.3) is 0 Å². The lowest BCUT2D eigenvalue weighted by Gasteiger charge is -2.12. The van der Waals surface area contributed by atoms with E-state index in [0.29, 0.717) is 13.0 Å². The Labute approximate surface area is 140 Å². The maximum Gasteiger partial charge on any atom is 0.319 e. The number of carbonyl (C=O) groups excluding carboxylic acids is 1. The molecule has 0 aliphatic heterocycles. The van der Waals surface area contributed by atoms with Crippen LogP contribution < -0.4 is 10.6 Å². The van der Waals surface area contributed by atoms with Gasteiger partial charge in [0.15, 0.2) is 0 Å². The third-order valence-corrected chi connectivity index (χ3v) is 3.90. The van der Waals surface area contributed by atoms with Crippen molar-refractivity contribution in [1.29, 1.82) is 0 Å². The van der Waals surface area contributed by atoms with Crippen LogP contribution in [0.4, 0.5) is 10.5 Å². The number of urea groups is 1. The molecule has 0 aliphatic carbocycles. The van der Waals surface area contributed by atoms with Crippen molar-refractivity contribution in [2.45, 2.75) is 19.4 Å². The van der Waals surface area contributed by atoms with Crippen molar-refractivity contribution in [3.63, 3.8) is 0 Å². The Morgan fingerprint density at radius 2 is 1.96 bits per heavy atom. The minimum absolute atomic E-state index is 0.276. The topological polar surface area (TPSA) is 77.2 Å². The Morgan fingerprint density at radius 3 is 2.75 bits per heavy atom. The molecule has 0 fully saturated rings. The molecule has 1 heterocycles. The maximum atomic E-state index is 12.0. The number of nitrogens with one attached hydrogen (secondary N) is 3. The third-order valence-electron chi connectivity index (χ3n) is 3.90. The molecule has 3 rings (SSSR count). The second-order valence-electron chi connectivity index (χ2n) is 5.85. The largest absolute Gasteiger partial charge is 0.388 e. The molecule has 3 aromatic rings. The zero-order valence-corrected chi connectivity index (χ0v) is 13.5. The fourth-order valence-electron chi connectivity index (χ4n) is 2.70. The highest BCUT2D eigenvalue weighted by Gasteiger charge is 2.08. The number of aliphatic hydroxyl groups excluding tert-OH is 1. The summed E-state index contributed by atoms with van der Waals surface area (Å²) in [5, 5.41) is 16.7. The molecule has 0 radical (unpaired) electrons. The summed E-state index contributed by atoms with van der Waals surface area (Å²) in [6, 6.07) is 16.9. The number of fused-ring (bicyclic) bond motifs is 1. The van der Waals surface area contributed by atoms with E-state index in [1.54, 1.807) is 0 Å². The van der Waals surface area contributed by atoms with Gasteiger partial charge in [-0.15, -0.1) is 0 Å². The lowest BCUT2D eigenvalue weighted by atomic mass is 10.1. The number of aromatic amines is 1. The van der Waals surface area contributed by atoms with Gasteiger partial charge in [0.05, 0.1) is 6.10 Å². The van der Waals surface area contributed by atoms with Crippen molar-refractivity contribution in [3.05, 3.63) is 65.9 Å². The van der Waals surface area contributed by atoms with E-state index in [0.717, 1.165) is 27.8 Å². The molecule has 1 unspecified atom stereocenters. The van der Waals surface area contributed by atoms with Crippen LogP contribution >= 0.6 is 0 Å². The van der Waals surface area contributed by atoms with Gasteiger partial charge in [-0.3, -0.25) is 0 Å².